The number of hydrogen-bond donors (Lipinski definition) is 2. The fourth-order valence-corrected chi connectivity index (χ4v) is 2.46. The van der Waals surface area contributed by atoms with Crippen molar-refractivity contribution in [1.82, 2.24) is 0 Å². The van der Waals surface area contributed by atoms with Crippen LogP contribution in [0.1, 0.15) is 18.9 Å². The van der Waals surface area contributed by atoms with Crippen LogP contribution < -0.4 is 25.3 Å². The summed E-state index contributed by atoms with van der Waals surface area (Å²) < 4.78 is 16.4. The third-order valence-electron chi connectivity index (χ3n) is 3.77. The largest absolute Gasteiger partial charge is 0.489 e. The molecule has 126 valence electrons. The van der Waals surface area contributed by atoms with E-state index in [2.05, 4.69) is 5.32 Å². The van der Waals surface area contributed by atoms with E-state index in [1.54, 1.807) is 0 Å². The Bertz CT molecular complexity index is 733. The Morgan fingerprint density at radius 3 is 2.88 bits per heavy atom. The molecule has 3 rings (SSSR count). The zero-order chi connectivity index (χ0) is 16.9. The van der Waals surface area contributed by atoms with Crippen molar-refractivity contribution >= 4 is 11.6 Å². The van der Waals surface area contributed by atoms with Gasteiger partial charge < -0.3 is 25.3 Å². The molecule has 0 saturated carbocycles. The number of ether oxygens (including phenoxy) is 3. The second kappa shape index (κ2) is 7.12. The molecule has 0 radical (unpaired) electrons. The van der Waals surface area contributed by atoms with Crippen LogP contribution in [0.5, 0.6) is 17.2 Å². The highest BCUT2D eigenvalue weighted by Crippen LogP contribution is 2.35. The Morgan fingerprint density at radius 2 is 2.08 bits per heavy atom. The second-order valence-corrected chi connectivity index (χ2v) is 5.51. The summed E-state index contributed by atoms with van der Waals surface area (Å²) in [6.45, 7) is 2.56. The van der Waals surface area contributed by atoms with Gasteiger partial charge in [0.25, 0.3) is 0 Å². The number of carbonyl (C=O) groups excluding carboxylic acids is 1. The maximum atomic E-state index is 11.3. The molecule has 0 aliphatic carbocycles. The number of nitrogens with two attached hydrogens (primary N) is 1. The number of fused-ring (bicyclic) bond motifs is 1. The predicted octanol–water partition coefficient (Wildman–Crippen LogP) is 2.67. The normalized spacial score (nSPS) is 13.4. The molecule has 1 heterocycles. The molecule has 0 unspecified atom stereocenters. The Hall–Kier alpha value is -2.89. The lowest BCUT2D eigenvalue weighted by Crippen LogP contribution is -2.34. The first-order chi connectivity index (χ1) is 11.7. The van der Waals surface area contributed by atoms with E-state index in [-0.39, 0.29) is 18.7 Å². The highest BCUT2D eigenvalue weighted by molar-refractivity contribution is 5.82. The number of carbonyl (C=O) groups is 1. The molecule has 0 fully saturated rings. The van der Waals surface area contributed by atoms with Crippen LogP contribution in [0.4, 0.5) is 5.69 Å². The first-order valence-corrected chi connectivity index (χ1v) is 7.83. The van der Waals surface area contributed by atoms with Gasteiger partial charge in [0.15, 0.2) is 11.5 Å². The maximum Gasteiger partial charge on any atom is 0.239 e. The van der Waals surface area contributed by atoms with Crippen LogP contribution in [0.25, 0.3) is 0 Å². The molecule has 1 amide bonds. The molecule has 6 heteroatoms. The number of benzene rings is 2. The number of anilines is 1. The molecule has 1 atom stereocenters. The SMILES string of the molecule is CC[C@@H](Nc1cccc(COc2ccc3c(c2)OCO3)c1)C(N)=O. The molecule has 0 spiro atoms. The van der Waals surface area contributed by atoms with Crippen molar-refractivity contribution < 1.29 is 19.0 Å². The molecule has 0 saturated heterocycles. The summed E-state index contributed by atoms with van der Waals surface area (Å²) in [4.78, 5) is 11.3. The quantitative estimate of drug-likeness (QED) is 0.816. The van der Waals surface area contributed by atoms with Gasteiger partial charge in [-0.2, -0.15) is 0 Å². The third-order valence-corrected chi connectivity index (χ3v) is 3.77. The predicted molar refractivity (Wildman–Crippen MR) is 90.2 cm³/mol. The van der Waals surface area contributed by atoms with Gasteiger partial charge in [0, 0.05) is 11.8 Å². The van der Waals surface area contributed by atoms with Gasteiger partial charge >= 0.3 is 0 Å². The Morgan fingerprint density at radius 1 is 1.25 bits per heavy atom. The number of amides is 1. The highest BCUT2D eigenvalue weighted by Gasteiger charge is 2.14. The van der Waals surface area contributed by atoms with Crippen LogP contribution in [-0.2, 0) is 11.4 Å². The van der Waals surface area contributed by atoms with Crippen LogP contribution in [0, 0.1) is 0 Å². The van der Waals surface area contributed by atoms with E-state index >= 15 is 0 Å². The molecule has 0 aromatic heterocycles. The number of primary amides is 1. The summed E-state index contributed by atoms with van der Waals surface area (Å²) in [5.41, 5.74) is 7.19. The smallest absolute Gasteiger partial charge is 0.239 e. The van der Waals surface area contributed by atoms with Crippen molar-refractivity contribution in [3.63, 3.8) is 0 Å². The summed E-state index contributed by atoms with van der Waals surface area (Å²) in [6, 6.07) is 12.8. The Labute approximate surface area is 140 Å². The summed E-state index contributed by atoms with van der Waals surface area (Å²) >= 11 is 0. The molecule has 1 aliphatic rings. The van der Waals surface area contributed by atoms with Crippen molar-refractivity contribution in [3.05, 3.63) is 48.0 Å². The fraction of sp³-hybridized carbons (Fsp3) is 0.278. The molecule has 6 nitrogen and oxygen atoms in total. The summed E-state index contributed by atoms with van der Waals surface area (Å²) in [6.07, 6.45) is 0.632. The first kappa shape index (κ1) is 16.0. The van der Waals surface area contributed by atoms with Gasteiger partial charge in [-0.3, -0.25) is 4.79 Å². The molecule has 1 aliphatic heterocycles. The Kier molecular flexibility index (Phi) is 4.74. The molecule has 2 aromatic rings. The van der Waals surface area contributed by atoms with Gasteiger partial charge in [0.1, 0.15) is 18.4 Å². The number of rotatable bonds is 7. The molecule has 2 aromatic carbocycles. The van der Waals surface area contributed by atoms with Crippen LogP contribution in [0.2, 0.25) is 0 Å². The van der Waals surface area contributed by atoms with Crippen molar-refractivity contribution in [3.8, 4) is 17.2 Å². The highest BCUT2D eigenvalue weighted by atomic mass is 16.7. The van der Waals surface area contributed by atoms with Crippen LogP contribution in [-0.4, -0.2) is 18.7 Å². The average Bonchev–Trinajstić information content (AvgIpc) is 3.05. The van der Waals surface area contributed by atoms with E-state index in [1.807, 2.05) is 49.4 Å². The second-order valence-electron chi connectivity index (χ2n) is 5.51. The minimum absolute atomic E-state index is 0.241. The summed E-state index contributed by atoms with van der Waals surface area (Å²) in [7, 11) is 0. The molecular weight excluding hydrogens is 308 g/mol. The van der Waals surface area contributed by atoms with E-state index in [4.69, 9.17) is 19.9 Å². The lowest BCUT2D eigenvalue weighted by atomic mass is 10.1. The lowest BCUT2D eigenvalue weighted by Gasteiger charge is -2.15. The molecule has 24 heavy (non-hydrogen) atoms. The van der Waals surface area contributed by atoms with Gasteiger partial charge in [-0.05, 0) is 36.2 Å². The van der Waals surface area contributed by atoms with Crippen LogP contribution >= 0.6 is 0 Å². The van der Waals surface area contributed by atoms with Gasteiger partial charge in [0.2, 0.25) is 12.7 Å². The van der Waals surface area contributed by atoms with Gasteiger partial charge in [-0.15, -0.1) is 0 Å². The number of nitrogens with one attached hydrogen (secondary N) is 1. The van der Waals surface area contributed by atoms with E-state index < -0.39 is 0 Å². The van der Waals surface area contributed by atoms with E-state index in [1.165, 1.54) is 0 Å². The van der Waals surface area contributed by atoms with Crippen molar-refractivity contribution in [2.45, 2.75) is 26.0 Å². The number of hydrogen-bond acceptors (Lipinski definition) is 5. The van der Waals surface area contributed by atoms with E-state index in [0.717, 1.165) is 17.0 Å². The van der Waals surface area contributed by atoms with E-state index in [0.29, 0.717) is 24.5 Å². The fourth-order valence-electron chi connectivity index (χ4n) is 2.46. The minimum atomic E-state index is -0.380. The minimum Gasteiger partial charge on any atom is -0.489 e. The molecule has 0 bridgehead atoms. The monoisotopic (exact) mass is 328 g/mol. The van der Waals surface area contributed by atoms with Gasteiger partial charge in [-0.25, -0.2) is 0 Å². The van der Waals surface area contributed by atoms with E-state index in [9.17, 15) is 4.79 Å². The Balaban J connectivity index is 1.63. The van der Waals surface area contributed by atoms with Gasteiger partial charge in [0.05, 0.1) is 0 Å². The third kappa shape index (κ3) is 3.71. The topological polar surface area (TPSA) is 82.8 Å². The summed E-state index contributed by atoms with van der Waals surface area (Å²) in [5.74, 6) is 1.77. The zero-order valence-electron chi connectivity index (χ0n) is 13.5. The molecular formula is C18H20N2O4. The van der Waals surface area contributed by atoms with Crippen LogP contribution in [0.3, 0.4) is 0 Å². The lowest BCUT2D eigenvalue weighted by molar-refractivity contribution is -0.118. The van der Waals surface area contributed by atoms with Crippen LogP contribution in [0.15, 0.2) is 42.5 Å². The maximum absolute atomic E-state index is 11.3. The zero-order valence-corrected chi connectivity index (χ0v) is 13.5. The van der Waals surface area contributed by atoms with Crippen molar-refractivity contribution in [1.29, 1.82) is 0 Å². The molecule has 3 N–H and O–H groups in total. The average molecular weight is 328 g/mol. The standard InChI is InChI=1S/C18H20N2O4/c1-2-15(18(19)21)20-13-5-3-4-12(8-13)10-22-14-6-7-16-17(9-14)24-11-23-16/h3-9,15,20H,2,10-11H2,1H3,(H2,19,21)/t15-/m1/s1. The van der Waals surface area contributed by atoms with Crippen molar-refractivity contribution in [2.24, 2.45) is 5.73 Å². The van der Waals surface area contributed by atoms with Crippen molar-refractivity contribution in [2.75, 3.05) is 12.1 Å². The first-order valence-electron chi connectivity index (χ1n) is 7.83. The summed E-state index contributed by atoms with van der Waals surface area (Å²) in [5, 5.41) is 3.13. The van der Waals surface area contributed by atoms with Gasteiger partial charge in [-0.1, -0.05) is 19.1 Å².